The van der Waals surface area contributed by atoms with Gasteiger partial charge in [-0.05, 0) is 35.4 Å². The predicted molar refractivity (Wildman–Crippen MR) is 113 cm³/mol. The van der Waals surface area contributed by atoms with Crippen LogP contribution in [-0.2, 0) is 11.3 Å². The Morgan fingerprint density at radius 2 is 1.78 bits per heavy atom. The van der Waals surface area contributed by atoms with Gasteiger partial charge in [-0.3, -0.25) is 4.79 Å². The van der Waals surface area contributed by atoms with E-state index in [4.69, 9.17) is 4.74 Å². The fourth-order valence-corrected chi connectivity index (χ4v) is 4.04. The lowest BCUT2D eigenvalue weighted by Gasteiger charge is -2.13. The molecule has 0 saturated carbocycles. The van der Waals surface area contributed by atoms with E-state index in [0.29, 0.717) is 18.2 Å². The first-order chi connectivity index (χ1) is 13.2. The molecule has 140 valence electrons. The van der Waals surface area contributed by atoms with Crippen LogP contribution in [0.3, 0.4) is 0 Å². The molecule has 3 nitrogen and oxygen atoms in total. The van der Waals surface area contributed by atoms with Gasteiger partial charge in [0.15, 0.2) is 0 Å². The van der Waals surface area contributed by atoms with E-state index in [0.717, 1.165) is 17.7 Å². The zero-order chi connectivity index (χ0) is 19.1. The maximum absolute atomic E-state index is 12.2. The van der Waals surface area contributed by atoms with E-state index >= 15 is 0 Å². The molecule has 0 aliphatic rings. The van der Waals surface area contributed by atoms with Gasteiger partial charge in [0.25, 0.3) is 0 Å². The van der Waals surface area contributed by atoms with Crippen molar-refractivity contribution in [2.24, 2.45) is 0 Å². The Hall–Kier alpha value is -2.46. The lowest BCUT2D eigenvalue weighted by Crippen LogP contribution is -2.23. The van der Waals surface area contributed by atoms with Gasteiger partial charge in [0.05, 0.1) is 7.11 Å². The maximum atomic E-state index is 12.2. The number of carbonyl (C=O) groups excluding carboxylic acids is 1. The van der Waals surface area contributed by atoms with Gasteiger partial charge in [0, 0.05) is 28.7 Å². The van der Waals surface area contributed by atoms with Crippen LogP contribution in [0.15, 0.2) is 71.6 Å². The number of amides is 1. The minimum absolute atomic E-state index is 0.0758. The molecular formula is C23H25NO2S. The number of nitrogens with one attached hydrogen (secondary N) is 1. The first-order valence-corrected chi connectivity index (χ1v) is 10.1. The molecule has 1 atom stereocenters. The van der Waals surface area contributed by atoms with Crippen LogP contribution in [0.4, 0.5) is 0 Å². The fourth-order valence-electron chi connectivity index (χ4n) is 3.00. The summed E-state index contributed by atoms with van der Waals surface area (Å²) in [4.78, 5) is 13.4. The van der Waals surface area contributed by atoms with E-state index in [1.165, 1.54) is 15.7 Å². The fraction of sp³-hybridized carbons (Fsp3) is 0.261. The zero-order valence-electron chi connectivity index (χ0n) is 15.8. The maximum Gasteiger partial charge on any atom is 0.220 e. The molecule has 3 aromatic rings. The van der Waals surface area contributed by atoms with Crippen molar-refractivity contribution in [3.8, 4) is 5.75 Å². The van der Waals surface area contributed by atoms with Crippen molar-refractivity contribution in [3.63, 3.8) is 0 Å². The highest BCUT2D eigenvalue weighted by Gasteiger charge is 2.10. The van der Waals surface area contributed by atoms with E-state index in [9.17, 15) is 4.79 Å². The van der Waals surface area contributed by atoms with E-state index in [1.54, 1.807) is 7.11 Å². The van der Waals surface area contributed by atoms with Crippen LogP contribution in [0.5, 0.6) is 5.75 Å². The highest BCUT2D eigenvalue weighted by Crippen LogP contribution is 2.29. The third-order valence-electron chi connectivity index (χ3n) is 4.50. The van der Waals surface area contributed by atoms with E-state index in [1.807, 2.05) is 36.0 Å². The van der Waals surface area contributed by atoms with Crippen LogP contribution < -0.4 is 10.1 Å². The topological polar surface area (TPSA) is 38.3 Å². The Morgan fingerprint density at radius 3 is 2.59 bits per heavy atom. The van der Waals surface area contributed by atoms with Gasteiger partial charge in [-0.25, -0.2) is 0 Å². The van der Waals surface area contributed by atoms with Crippen molar-refractivity contribution >= 4 is 28.4 Å². The molecule has 0 aliphatic heterocycles. The molecule has 0 heterocycles. The second-order valence-corrected chi connectivity index (χ2v) is 8.08. The van der Waals surface area contributed by atoms with Crippen LogP contribution in [-0.4, -0.2) is 18.3 Å². The Labute approximate surface area is 165 Å². The summed E-state index contributed by atoms with van der Waals surface area (Å²) >= 11 is 1.82. The molecule has 4 heteroatoms. The molecule has 1 unspecified atom stereocenters. The first kappa shape index (κ1) is 19.3. The Bertz CT molecular complexity index is 910. The van der Waals surface area contributed by atoms with E-state index in [-0.39, 0.29) is 5.91 Å². The monoisotopic (exact) mass is 379 g/mol. The van der Waals surface area contributed by atoms with Crippen molar-refractivity contribution in [3.05, 3.63) is 72.3 Å². The lowest BCUT2D eigenvalue weighted by atomic mass is 10.1. The number of rotatable bonds is 8. The summed E-state index contributed by atoms with van der Waals surface area (Å²) in [5.41, 5.74) is 0.993. The zero-order valence-corrected chi connectivity index (χ0v) is 16.6. The summed E-state index contributed by atoms with van der Waals surface area (Å²) in [5.74, 6) is 0.880. The molecule has 1 amide bonds. The number of hydrogen-bond acceptors (Lipinski definition) is 3. The van der Waals surface area contributed by atoms with Crippen LogP contribution in [0.1, 0.15) is 25.3 Å². The Morgan fingerprint density at radius 1 is 1.04 bits per heavy atom. The molecule has 1 N–H and O–H groups in total. The minimum atomic E-state index is 0.0758. The third kappa shape index (κ3) is 5.51. The molecule has 0 bridgehead atoms. The number of methoxy groups -OCH3 is 1. The van der Waals surface area contributed by atoms with Crippen molar-refractivity contribution in [2.45, 2.75) is 36.5 Å². The van der Waals surface area contributed by atoms with Crippen molar-refractivity contribution < 1.29 is 9.53 Å². The summed E-state index contributed by atoms with van der Waals surface area (Å²) in [5, 5.41) is 5.88. The van der Waals surface area contributed by atoms with Crippen molar-refractivity contribution in [1.29, 1.82) is 0 Å². The molecule has 3 aromatic carbocycles. The van der Waals surface area contributed by atoms with Crippen molar-refractivity contribution in [2.75, 3.05) is 7.11 Å². The molecule has 0 saturated heterocycles. The molecule has 0 spiro atoms. The van der Waals surface area contributed by atoms with Crippen LogP contribution in [0, 0.1) is 0 Å². The molecule has 27 heavy (non-hydrogen) atoms. The molecule has 0 aromatic heterocycles. The molecular weight excluding hydrogens is 354 g/mol. The van der Waals surface area contributed by atoms with Gasteiger partial charge in [0.1, 0.15) is 5.75 Å². The minimum Gasteiger partial charge on any atom is -0.496 e. The van der Waals surface area contributed by atoms with E-state index < -0.39 is 0 Å². The third-order valence-corrected chi connectivity index (χ3v) is 5.67. The average molecular weight is 380 g/mol. The average Bonchev–Trinajstić information content (AvgIpc) is 2.70. The second-order valence-electron chi connectivity index (χ2n) is 6.56. The van der Waals surface area contributed by atoms with Gasteiger partial charge < -0.3 is 10.1 Å². The summed E-state index contributed by atoms with van der Waals surface area (Å²) in [6.45, 7) is 2.67. The normalized spacial score (nSPS) is 11.9. The Balaban J connectivity index is 1.46. The van der Waals surface area contributed by atoms with E-state index in [2.05, 4.69) is 54.7 Å². The van der Waals surface area contributed by atoms with Gasteiger partial charge in [-0.15, -0.1) is 11.8 Å². The van der Waals surface area contributed by atoms with Crippen LogP contribution >= 0.6 is 11.8 Å². The van der Waals surface area contributed by atoms with Crippen LogP contribution in [0.2, 0.25) is 0 Å². The number of benzene rings is 3. The van der Waals surface area contributed by atoms with Crippen LogP contribution in [0.25, 0.3) is 10.8 Å². The highest BCUT2D eigenvalue weighted by atomic mass is 32.2. The molecule has 3 rings (SSSR count). The van der Waals surface area contributed by atoms with Crippen molar-refractivity contribution in [1.82, 2.24) is 5.32 Å². The number of hydrogen-bond donors (Lipinski definition) is 1. The van der Waals surface area contributed by atoms with Gasteiger partial charge >= 0.3 is 0 Å². The first-order valence-electron chi connectivity index (χ1n) is 9.20. The lowest BCUT2D eigenvalue weighted by molar-refractivity contribution is -0.121. The highest BCUT2D eigenvalue weighted by molar-refractivity contribution is 8.00. The smallest absolute Gasteiger partial charge is 0.220 e. The van der Waals surface area contributed by atoms with Gasteiger partial charge in [-0.1, -0.05) is 55.5 Å². The number of para-hydroxylation sites is 1. The van der Waals surface area contributed by atoms with Gasteiger partial charge in [-0.2, -0.15) is 0 Å². The summed E-state index contributed by atoms with van der Waals surface area (Å²) in [6.07, 6.45) is 1.37. The quantitative estimate of drug-likeness (QED) is 0.531. The molecule has 0 aliphatic carbocycles. The SMILES string of the molecule is COc1ccccc1CNC(=O)CCC(C)Sc1ccc2ccccc2c1. The largest absolute Gasteiger partial charge is 0.496 e. The number of fused-ring (bicyclic) bond motifs is 1. The number of ether oxygens (including phenoxy) is 1. The number of thioether (sulfide) groups is 1. The Kier molecular flexibility index (Phi) is 6.77. The number of carbonyl (C=O) groups is 1. The molecule has 0 fully saturated rings. The molecule has 0 radical (unpaired) electrons. The second kappa shape index (κ2) is 9.47. The summed E-state index contributed by atoms with van der Waals surface area (Å²) in [7, 11) is 1.65. The predicted octanol–water partition coefficient (Wildman–Crippen LogP) is 5.43. The summed E-state index contributed by atoms with van der Waals surface area (Å²) in [6, 6.07) is 22.7. The summed E-state index contributed by atoms with van der Waals surface area (Å²) < 4.78 is 5.32. The standard InChI is InChI=1S/C23H25NO2S/c1-17(27-21-13-12-18-7-3-4-8-19(18)15-21)11-14-23(25)24-16-20-9-5-6-10-22(20)26-2/h3-10,12-13,15,17H,11,14,16H2,1-2H3,(H,24,25). The van der Waals surface area contributed by atoms with Gasteiger partial charge in [0.2, 0.25) is 5.91 Å².